The molecule has 0 aromatic heterocycles. The van der Waals surface area contributed by atoms with Gasteiger partial charge in [0, 0.05) is 13.1 Å². The highest BCUT2D eigenvalue weighted by Gasteiger charge is 2.41. The van der Waals surface area contributed by atoms with E-state index in [1.54, 1.807) is 0 Å². The Morgan fingerprint density at radius 1 is 1.37 bits per heavy atom. The molecule has 0 atom stereocenters. The van der Waals surface area contributed by atoms with Crippen molar-refractivity contribution in [1.29, 1.82) is 0 Å². The van der Waals surface area contributed by atoms with Crippen molar-refractivity contribution in [2.45, 2.75) is 39.2 Å². The molecule has 1 aromatic carbocycles. The molecule has 1 fully saturated rings. The Balaban J connectivity index is 2.00. The van der Waals surface area contributed by atoms with E-state index in [0.29, 0.717) is 6.54 Å². The molecule has 1 saturated carbocycles. The second-order valence-corrected chi connectivity index (χ2v) is 5.95. The fourth-order valence-corrected chi connectivity index (χ4v) is 3.19. The zero-order valence-corrected chi connectivity index (χ0v) is 11.9. The molecule has 1 aliphatic carbocycles. The van der Waals surface area contributed by atoms with Crippen LogP contribution in [-0.4, -0.2) is 29.6 Å². The van der Waals surface area contributed by atoms with Gasteiger partial charge in [-0.2, -0.15) is 0 Å². The van der Waals surface area contributed by atoms with Crippen LogP contribution in [-0.2, 0) is 11.3 Å². The van der Waals surface area contributed by atoms with Crippen molar-refractivity contribution >= 4 is 5.97 Å². The van der Waals surface area contributed by atoms with E-state index < -0.39 is 11.4 Å². The number of hydrogen-bond donors (Lipinski definition) is 1. The molecule has 3 heteroatoms. The zero-order chi connectivity index (χ0) is 13.9. The average Bonchev–Trinajstić information content (AvgIpc) is 2.78. The number of rotatable bonds is 5. The van der Waals surface area contributed by atoms with Gasteiger partial charge < -0.3 is 10.0 Å². The van der Waals surface area contributed by atoms with Crippen molar-refractivity contribution in [3.63, 3.8) is 0 Å². The average molecular weight is 261 g/mol. The van der Waals surface area contributed by atoms with Crippen molar-refractivity contribution in [2.75, 3.05) is 13.6 Å². The Kier molecular flexibility index (Phi) is 4.25. The quantitative estimate of drug-likeness (QED) is 0.885. The number of nitrogens with zero attached hydrogens (tertiary/aromatic N) is 1. The predicted octanol–water partition coefficient (Wildman–Crippen LogP) is 3.07. The topological polar surface area (TPSA) is 40.5 Å². The fourth-order valence-electron chi connectivity index (χ4n) is 3.19. The van der Waals surface area contributed by atoms with Crippen molar-refractivity contribution in [3.05, 3.63) is 35.4 Å². The summed E-state index contributed by atoms with van der Waals surface area (Å²) in [6.45, 7) is 3.55. The second kappa shape index (κ2) is 5.74. The summed E-state index contributed by atoms with van der Waals surface area (Å²) < 4.78 is 0. The molecule has 1 N–H and O–H groups in total. The molecule has 0 heterocycles. The number of benzene rings is 1. The third-order valence-electron chi connectivity index (χ3n) is 4.12. The number of carboxylic acid groups (broad SMARTS) is 1. The highest BCUT2D eigenvalue weighted by Crippen LogP contribution is 2.39. The Bertz CT molecular complexity index is 450. The van der Waals surface area contributed by atoms with Gasteiger partial charge in [-0.3, -0.25) is 4.79 Å². The zero-order valence-electron chi connectivity index (χ0n) is 11.9. The fraction of sp³-hybridized carbons (Fsp3) is 0.562. The molecule has 0 aliphatic heterocycles. The first kappa shape index (κ1) is 14.1. The molecule has 2 rings (SSSR count). The lowest BCUT2D eigenvalue weighted by Gasteiger charge is -2.29. The van der Waals surface area contributed by atoms with Crippen LogP contribution in [0.15, 0.2) is 24.3 Å². The molecule has 19 heavy (non-hydrogen) atoms. The summed E-state index contributed by atoms with van der Waals surface area (Å²) in [5.74, 6) is -0.624. The molecule has 0 spiro atoms. The summed E-state index contributed by atoms with van der Waals surface area (Å²) in [4.78, 5) is 13.7. The maximum atomic E-state index is 11.5. The summed E-state index contributed by atoms with van der Waals surface area (Å²) >= 11 is 0. The molecular weight excluding hydrogens is 238 g/mol. The minimum Gasteiger partial charge on any atom is -0.481 e. The summed E-state index contributed by atoms with van der Waals surface area (Å²) in [6, 6.07) is 8.41. The first-order chi connectivity index (χ1) is 9.02. The Labute approximate surface area is 115 Å². The lowest BCUT2D eigenvalue weighted by molar-refractivity contribution is -0.149. The van der Waals surface area contributed by atoms with E-state index in [4.69, 9.17) is 0 Å². The van der Waals surface area contributed by atoms with Crippen molar-refractivity contribution < 1.29 is 9.90 Å². The van der Waals surface area contributed by atoms with Gasteiger partial charge in [-0.15, -0.1) is 0 Å². The van der Waals surface area contributed by atoms with Crippen molar-refractivity contribution in [1.82, 2.24) is 4.90 Å². The van der Waals surface area contributed by atoms with Gasteiger partial charge in [-0.1, -0.05) is 42.7 Å². The van der Waals surface area contributed by atoms with Gasteiger partial charge in [0.2, 0.25) is 0 Å². The van der Waals surface area contributed by atoms with E-state index in [0.717, 1.165) is 32.2 Å². The third kappa shape index (κ3) is 3.35. The lowest BCUT2D eigenvalue weighted by atomic mass is 9.85. The number of aryl methyl sites for hydroxylation is 1. The van der Waals surface area contributed by atoms with Gasteiger partial charge in [0.05, 0.1) is 5.41 Å². The van der Waals surface area contributed by atoms with Crippen LogP contribution < -0.4 is 0 Å². The van der Waals surface area contributed by atoms with Gasteiger partial charge in [0.1, 0.15) is 0 Å². The second-order valence-electron chi connectivity index (χ2n) is 5.95. The van der Waals surface area contributed by atoms with Crippen LogP contribution in [0.4, 0.5) is 0 Å². The van der Waals surface area contributed by atoms with Gasteiger partial charge in [-0.05, 0) is 32.4 Å². The summed E-state index contributed by atoms with van der Waals surface area (Å²) in [6.07, 6.45) is 3.73. The maximum absolute atomic E-state index is 11.5. The molecule has 0 bridgehead atoms. The SMILES string of the molecule is Cc1cccc(CN(C)CC2(C(=O)O)CCCC2)c1. The van der Waals surface area contributed by atoms with Crippen LogP contribution >= 0.6 is 0 Å². The molecule has 0 radical (unpaired) electrons. The molecule has 3 nitrogen and oxygen atoms in total. The molecular formula is C16H23NO2. The first-order valence-electron chi connectivity index (χ1n) is 6.99. The van der Waals surface area contributed by atoms with Gasteiger partial charge >= 0.3 is 5.97 Å². The van der Waals surface area contributed by atoms with Crippen LogP contribution in [0.5, 0.6) is 0 Å². The van der Waals surface area contributed by atoms with E-state index in [-0.39, 0.29) is 0 Å². The van der Waals surface area contributed by atoms with Gasteiger partial charge in [0.25, 0.3) is 0 Å². The minimum atomic E-state index is -0.624. The highest BCUT2D eigenvalue weighted by molar-refractivity contribution is 5.75. The van der Waals surface area contributed by atoms with E-state index in [9.17, 15) is 9.90 Å². The Hall–Kier alpha value is -1.35. The van der Waals surface area contributed by atoms with Crippen LogP contribution in [0, 0.1) is 12.3 Å². The van der Waals surface area contributed by atoms with E-state index in [2.05, 4.69) is 36.1 Å². The van der Waals surface area contributed by atoms with Crippen LogP contribution in [0.1, 0.15) is 36.8 Å². The van der Waals surface area contributed by atoms with Gasteiger partial charge in [-0.25, -0.2) is 0 Å². The van der Waals surface area contributed by atoms with Crippen LogP contribution in [0.3, 0.4) is 0 Å². The van der Waals surface area contributed by atoms with E-state index >= 15 is 0 Å². The first-order valence-corrected chi connectivity index (χ1v) is 6.99. The number of hydrogen-bond acceptors (Lipinski definition) is 2. The van der Waals surface area contributed by atoms with E-state index in [1.165, 1.54) is 11.1 Å². The molecule has 104 valence electrons. The molecule has 0 amide bonds. The monoisotopic (exact) mass is 261 g/mol. The predicted molar refractivity (Wildman–Crippen MR) is 76.0 cm³/mol. The molecule has 0 saturated heterocycles. The maximum Gasteiger partial charge on any atom is 0.310 e. The largest absolute Gasteiger partial charge is 0.481 e. The minimum absolute atomic E-state index is 0.515. The molecule has 1 aliphatic rings. The Morgan fingerprint density at radius 3 is 2.63 bits per heavy atom. The summed E-state index contributed by atoms with van der Waals surface area (Å²) in [5, 5.41) is 9.50. The van der Waals surface area contributed by atoms with Gasteiger partial charge in [0.15, 0.2) is 0 Å². The number of aliphatic carboxylic acids is 1. The molecule has 1 aromatic rings. The number of carboxylic acids is 1. The Morgan fingerprint density at radius 2 is 2.05 bits per heavy atom. The summed E-state index contributed by atoms with van der Waals surface area (Å²) in [5.41, 5.74) is 1.99. The van der Waals surface area contributed by atoms with Crippen LogP contribution in [0.2, 0.25) is 0 Å². The number of carbonyl (C=O) groups is 1. The third-order valence-corrected chi connectivity index (χ3v) is 4.12. The van der Waals surface area contributed by atoms with Crippen molar-refractivity contribution in [3.8, 4) is 0 Å². The summed E-state index contributed by atoms with van der Waals surface area (Å²) in [7, 11) is 2.02. The van der Waals surface area contributed by atoms with E-state index in [1.807, 2.05) is 7.05 Å². The standard InChI is InChI=1S/C16H23NO2/c1-13-6-5-7-14(10-13)11-17(2)12-16(15(18)19)8-3-4-9-16/h5-7,10H,3-4,8-9,11-12H2,1-2H3,(H,18,19). The molecule has 0 unspecified atom stereocenters. The highest BCUT2D eigenvalue weighted by atomic mass is 16.4. The smallest absolute Gasteiger partial charge is 0.310 e. The van der Waals surface area contributed by atoms with Crippen molar-refractivity contribution in [2.24, 2.45) is 5.41 Å². The van der Waals surface area contributed by atoms with Crippen LogP contribution in [0.25, 0.3) is 0 Å². The normalized spacial score (nSPS) is 17.8. The lowest BCUT2D eigenvalue weighted by Crippen LogP contribution is -2.39.